The van der Waals surface area contributed by atoms with Gasteiger partial charge in [0.2, 0.25) is 0 Å². The first-order valence-corrected chi connectivity index (χ1v) is 3.38. The Morgan fingerprint density at radius 1 is 1.27 bits per heavy atom. The molecule has 2 nitrogen and oxygen atoms in total. The minimum Gasteiger partial charge on any atom is -0.508 e. The Hall–Kier alpha value is -1.44. The molecule has 0 aliphatic heterocycles. The zero-order valence-corrected chi connectivity index (χ0v) is 6.28. The summed E-state index contributed by atoms with van der Waals surface area (Å²) in [5.74, 6) is 0.179. The zero-order valence-electron chi connectivity index (χ0n) is 6.28. The van der Waals surface area contributed by atoms with E-state index in [4.69, 9.17) is 5.11 Å². The lowest BCUT2D eigenvalue weighted by Gasteiger charge is -1.98. The standard InChI is InChI=1S/C9H10O2/c1-2-3-7-4-5-8(10)6-9(7)11/h2-6,10-11H,1H3/b3-2-. The van der Waals surface area contributed by atoms with Crippen molar-refractivity contribution in [3.8, 4) is 11.5 Å². The van der Waals surface area contributed by atoms with Crippen LogP contribution in [0.5, 0.6) is 11.5 Å². The molecular weight excluding hydrogens is 140 g/mol. The molecule has 2 N–H and O–H groups in total. The average Bonchev–Trinajstić information content (AvgIpc) is 1.95. The number of phenols is 2. The van der Waals surface area contributed by atoms with Gasteiger partial charge < -0.3 is 10.2 Å². The predicted octanol–water partition coefficient (Wildman–Crippen LogP) is 2.13. The molecule has 0 unspecified atom stereocenters. The summed E-state index contributed by atoms with van der Waals surface area (Å²) in [4.78, 5) is 0. The molecule has 58 valence electrons. The third kappa shape index (κ3) is 1.74. The highest BCUT2D eigenvalue weighted by Gasteiger charge is 1.96. The maximum atomic E-state index is 9.21. The van der Waals surface area contributed by atoms with Crippen molar-refractivity contribution in [2.24, 2.45) is 0 Å². The summed E-state index contributed by atoms with van der Waals surface area (Å²) in [6.07, 6.45) is 3.60. The van der Waals surface area contributed by atoms with E-state index in [0.717, 1.165) is 0 Å². The molecule has 1 aromatic carbocycles. The Morgan fingerprint density at radius 3 is 2.55 bits per heavy atom. The molecule has 11 heavy (non-hydrogen) atoms. The lowest BCUT2D eigenvalue weighted by molar-refractivity contribution is 0.450. The van der Waals surface area contributed by atoms with E-state index in [-0.39, 0.29) is 11.5 Å². The molecule has 0 saturated carbocycles. The molecule has 1 aromatic rings. The molecular formula is C9H10O2. The number of benzene rings is 1. The number of rotatable bonds is 1. The maximum absolute atomic E-state index is 9.21. The fourth-order valence-corrected chi connectivity index (χ4v) is 0.853. The monoisotopic (exact) mass is 150 g/mol. The smallest absolute Gasteiger partial charge is 0.126 e. The van der Waals surface area contributed by atoms with Crippen LogP contribution in [-0.2, 0) is 0 Å². The van der Waals surface area contributed by atoms with Gasteiger partial charge in [0.25, 0.3) is 0 Å². The average molecular weight is 150 g/mol. The van der Waals surface area contributed by atoms with E-state index >= 15 is 0 Å². The molecule has 0 radical (unpaired) electrons. The van der Waals surface area contributed by atoms with Gasteiger partial charge in [-0.2, -0.15) is 0 Å². The predicted molar refractivity (Wildman–Crippen MR) is 44.5 cm³/mol. The second-order valence-corrected chi connectivity index (χ2v) is 2.24. The first-order chi connectivity index (χ1) is 5.24. The van der Waals surface area contributed by atoms with Gasteiger partial charge in [0.15, 0.2) is 0 Å². The second kappa shape index (κ2) is 3.10. The molecule has 0 atom stereocenters. The quantitative estimate of drug-likeness (QED) is 0.643. The minimum absolute atomic E-state index is 0.0794. The number of hydrogen-bond donors (Lipinski definition) is 2. The van der Waals surface area contributed by atoms with Crippen molar-refractivity contribution in [3.63, 3.8) is 0 Å². The molecule has 0 aliphatic carbocycles. The summed E-state index contributed by atoms with van der Waals surface area (Å²) < 4.78 is 0. The van der Waals surface area contributed by atoms with Crippen molar-refractivity contribution in [3.05, 3.63) is 29.8 Å². The van der Waals surface area contributed by atoms with Crippen molar-refractivity contribution < 1.29 is 10.2 Å². The van der Waals surface area contributed by atoms with E-state index in [2.05, 4.69) is 0 Å². The third-order valence-electron chi connectivity index (χ3n) is 1.36. The van der Waals surface area contributed by atoms with Crippen LogP contribution in [0.4, 0.5) is 0 Å². The molecule has 0 spiro atoms. The molecule has 0 aliphatic rings. The van der Waals surface area contributed by atoms with Gasteiger partial charge in [0.05, 0.1) is 0 Å². The van der Waals surface area contributed by atoms with E-state index in [1.807, 2.05) is 13.0 Å². The minimum atomic E-state index is 0.0794. The van der Waals surface area contributed by atoms with Gasteiger partial charge in [0, 0.05) is 11.6 Å². The summed E-state index contributed by atoms with van der Waals surface area (Å²) in [5.41, 5.74) is 0.713. The third-order valence-corrected chi connectivity index (χ3v) is 1.36. The Balaban J connectivity index is 3.09. The van der Waals surface area contributed by atoms with Crippen molar-refractivity contribution in [1.29, 1.82) is 0 Å². The Labute approximate surface area is 65.4 Å². The van der Waals surface area contributed by atoms with Crippen LogP contribution >= 0.6 is 0 Å². The molecule has 0 heterocycles. The summed E-state index contributed by atoms with van der Waals surface area (Å²) >= 11 is 0. The van der Waals surface area contributed by atoms with Crippen LogP contribution in [0.3, 0.4) is 0 Å². The lowest BCUT2D eigenvalue weighted by atomic mass is 10.2. The number of aromatic hydroxyl groups is 2. The molecule has 1 rings (SSSR count). The van der Waals surface area contributed by atoms with E-state index in [0.29, 0.717) is 5.56 Å². The van der Waals surface area contributed by atoms with Crippen LogP contribution in [-0.4, -0.2) is 10.2 Å². The van der Waals surface area contributed by atoms with Gasteiger partial charge in [-0.15, -0.1) is 0 Å². The summed E-state index contributed by atoms with van der Waals surface area (Å²) in [6.45, 7) is 1.87. The highest BCUT2D eigenvalue weighted by molar-refractivity contribution is 5.58. The Kier molecular flexibility index (Phi) is 2.16. The number of allylic oxidation sites excluding steroid dienone is 1. The van der Waals surface area contributed by atoms with Crippen LogP contribution in [0.15, 0.2) is 24.3 Å². The van der Waals surface area contributed by atoms with E-state index in [1.165, 1.54) is 12.1 Å². The van der Waals surface area contributed by atoms with Crippen LogP contribution in [0.1, 0.15) is 12.5 Å². The molecule has 0 bridgehead atoms. The first kappa shape index (κ1) is 7.66. The molecule has 0 fully saturated rings. The maximum Gasteiger partial charge on any atom is 0.126 e. The van der Waals surface area contributed by atoms with Gasteiger partial charge in [-0.25, -0.2) is 0 Å². The van der Waals surface area contributed by atoms with E-state index in [9.17, 15) is 5.11 Å². The summed E-state index contributed by atoms with van der Waals surface area (Å²) in [5, 5.41) is 18.1. The topological polar surface area (TPSA) is 40.5 Å². The largest absolute Gasteiger partial charge is 0.508 e. The van der Waals surface area contributed by atoms with Crippen LogP contribution in [0.25, 0.3) is 6.08 Å². The Bertz CT molecular complexity index is 277. The van der Waals surface area contributed by atoms with Crippen molar-refractivity contribution in [1.82, 2.24) is 0 Å². The molecule has 0 aromatic heterocycles. The fourth-order valence-electron chi connectivity index (χ4n) is 0.853. The van der Waals surface area contributed by atoms with E-state index < -0.39 is 0 Å². The fraction of sp³-hybridized carbons (Fsp3) is 0.111. The Morgan fingerprint density at radius 2 is 2.00 bits per heavy atom. The van der Waals surface area contributed by atoms with Crippen molar-refractivity contribution >= 4 is 6.08 Å². The van der Waals surface area contributed by atoms with Crippen LogP contribution < -0.4 is 0 Å². The first-order valence-electron chi connectivity index (χ1n) is 3.38. The van der Waals surface area contributed by atoms with Crippen LogP contribution in [0.2, 0.25) is 0 Å². The van der Waals surface area contributed by atoms with Crippen molar-refractivity contribution in [2.45, 2.75) is 6.92 Å². The second-order valence-electron chi connectivity index (χ2n) is 2.24. The molecule has 2 heteroatoms. The molecule has 0 saturated heterocycles. The zero-order chi connectivity index (χ0) is 8.27. The van der Waals surface area contributed by atoms with Gasteiger partial charge in [-0.1, -0.05) is 12.2 Å². The summed E-state index contributed by atoms with van der Waals surface area (Å²) in [6, 6.07) is 4.51. The molecule has 0 amide bonds. The SMILES string of the molecule is C/C=C\c1ccc(O)cc1O. The normalized spacial score (nSPS) is 10.6. The van der Waals surface area contributed by atoms with E-state index in [1.54, 1.807) is 12.1 Å². The summed E-state index contributed by atoms with van der Waals surface area (Å²) in [7, 11) is 0. The van der Waals surface area contributed by atoms with Gasteiger partial charge in [-0.3, -0.25) is 0 Å². The van der Waals surface area contributed by atoms with Gasteiger partial charge >= 0.3 is 0 Å². The van der Waals surface area contributed by atoms with Crippen LogP contribution in [0, 0.1) is 0 Å². The highest BCUT2D eigenvalue weighted by atomic mass is 16.3. The number of phenolic OH excluding ortho intramolecular Hbond substituents is 2. The number of hydrogen-bond acceptors (Lipinski definition) is 2. The van der Waals surface area contributed by atoms with Gasteiger partial charge in [-0.05, 0) is 19.1 Å². The van der Waals surface area contributed by atoms with Gasteiger partial charge in [0.1, 0.15) is 11.5 Å². The van der Waals surface area contributed by atoms with Crippen molar-refractivity contribution in [2.75, 3.05) is 0 Å². The lowest BCUT2D eigenvalue weighted by Crippen LogP contribution is -1.73. The highest BCUT2D eigenvalue weighted by Crippen LogP contribution is 2.23.